The third-order valence-corrected chi connectivity index (χ3v) is 3.44. The lowest BCUT2D eigenvalue weighted by molar-refractivity contribution is -0.134. The van der Waals surface area contributed by atoms with Crippen molar-refractivity contribution < 1.29 is 18.7 Å². The van der Waals surface area contributed by atoms with Crippen LogP contribution in [0.2, 0.25) is 0 Å². The molecular formula is C15H19FN2O3. The Bertz CT molecular complexity index is 505. The highest BCUT2D eigenvalue weighted by Gasteiger charge is 2.18. The highest BCUT2D eigenvalue weighted by Crippen LogP contribution is 2.13. The molecule has 0 spiro atoms. The van der Waals surface area contributed by atoms with Crippen LogP contribution >= 0.6 is 0 Å². The summed E-state index contributed by atoms with van der Waals surface area (Å²) >= 11 is 0. The number of nitrogen functional groups attached to an aromatic ring is 1. The number of hydrogen-bond donors (Lipinski definition) is 1. The Morgan fingerprint density at radius 2 is 1.81 bits per heavy atom. The van der Waals surface area contributed by atoms with Crippen LogP contribution in [-0.4, -0.2) is 36.5 Å². The highest BCUT2D eigenvalue weighted by atomic mass is 19.1. The van der Waals surface area contributed by atoms with Gasteiger partial charge in [-0.1, -0.05) is 12.8 Å². The van der Waals surface area contributed by atoms with E-state index in [1.54, 1.807) is 4.90 Å². The molecule has 1 aliphatic rings. The minimum Gasteiger partial charge on any atom is -0.452 e. The first-order chi connectivity index (χ1) is 10.1. The first-order valence-corrected chi connectivity index (χ1v) is 7.07. The van der Waals surface area contributed by atoms with Gasteiger partial charge in [0.25, 0.3) is 5.91 Å². The van der Waals surface area contributed by atoms with Crippen molar-refractivity contribution in [1.82, 2.24) is 4.90 Å². The first-order valence-electron chi connectivity index (χ1n) is 7.07. The summed E-state index contributed by atoms with van der Waals surface area (Å²) in [6.45, 7) is 1.07. The zero-order valence-electron chi connectivity index (χ0n) is 11.8. The Kier molecular flexibility index (Phi) is 5.14. The van der Waals surface area contributed by atoms with Gasteiger partial charge >= 0.3 is 5.97 Å². The number of nitrogens with two attached hydrogens (primary N) is 1. The molecule has 1 fully saturated rings. The van der Waals surface area contributed by atoms with Crippen molar-refractivity contribution in [3.63, 3.8) is 0 Å². The molecule has 1 aromatic rings. The van der Waals surface area contributed by atoms with E-state index in [-0.39, 0.29) is 23.8 Å². The number of esters is 1. The average molecular weight is 294 g/mol. The SMILES string of the molecule is Nc1cc(F)cc(C(=O)OCC(=O)N2CCCCCC2)c1. The van der Waals surface area contributed by atoms with E-state index in [0.717, 1.165) is 37.8 Å². The van der Waals surface area contributed by atoms with E-state index in [0.29, 0.717) is 13.1 Å². The first kappa shape index (κ1) is 15.3. The molecule has 2 N–H and O–H groups in total. The van der Waals surface area contributed by atoms with Gasteiger partial charge in [-0.3, -0.25) is 4.79 Å². The summed E-state index contributed by atoms with van der Waals surface area (Å²) in [6, 6.07) is 3.47. The number of likely N-dealkylation sites (tertiary alicyclic amines) is 1. The average Bonchev–Trinajstić information content (AvgIpc) is 2.72. The maximum atomic E-state index is 13.2. The van der Waals surface area contributed by atoms with Crippen molar-refractivity contribution in [3.8, 4) is 0 Å². The number of ether oxygens (including phenoxy) is 1. The van der Waals surface area contributed by atoms with Crippen LogP contribution in [0, 0.1) is 5.82 Å². The zero-order valence-corrected chi connectivity index (χ0v) is 11.8. The molecule has 0 saturated carbocycles. The van der Waals surface area contributed by atoms with Crippen LogP contribution in [0.15, 0.2) is 18.2 Å². The van der Waals surface area contributed by atoms with E-state index < -0.39 is 11.8 Å². The van der Waals surface area contributed by atoms with Gasteiger partial charge in [0.05, 0.1) is 5.56 Å². The van der Waals surface area contributed by atoms with Crippen LogP contribution in [0.5, 0.6) is 0 Å². The number of carbonyl (C=O) groups excluding carboxylic acids is 2. The molecule has 0 radical (unpaired) electrons. The van der Waals surface area contributed by atoms with Gasteiger partial charge in [-0.25, -0.2) is 9.18 Å². The van der Waals surface area contributed by atoms with E-state index in [4.69, 9.17) is 10.5 Å². The number of benzene rings is 1. The minimum atomic E-state index is -0.746. The fourth-order valence-electron chi connectivity index (χ4n) is 2.35. The molecule has 21 heavy (non-hydrogen) atoms. The second-order valence-corrected chi connectivity index (χ2v) is 5.14. The topological polar surface area (TPSA) is 72.6 Å². The summed E-state index contributed by atoms with van der Waals surface area (Å²) in [5.41, 5.74) is 5.61. The van der Waals surface area contributed by atoms with Crippen molar-refractivity contribution in [2.45, 2.75) is 25.7 Å². The molecular weight excluding hydrogens is 275 g/mol. The molecule has 1 saturated heterocycles. The number of nitrogens with zero attached hydrogens (tertiary/aromatic N) is 1. The van der Waals surface area contributed by atoms with Crippen LogP contribution < -0.4 is 5.73 Å². The van der Waals surface area contributed by atoms with Gasteiger partial charge in [0.1, 0.15) is 5.82 Å². The van der Waals surface area contributed by atoms with E-state index in [9.17, 15) is 14.0 Å². The van der Waals surface area contributed by atoms with Crippen molar-refractivity contribution in [1.29, 1.82) is 0 Å². The Balaban J connectivity index is 1.89. The third kappa shape index (κ3) is 4.44. The van der Waals surface area contributed by atoms with Crippen LogP contribution in [0.1, 0.15) is 36.0 Å². The van der Waals surface area contributed by atoms with Gasteiger partial charge in [-0.2, -0.15) is 0 Å². The van der Waals surface area contributed by atoms with Gasteiger partial charge < -0.3 is 15.4 Å². The molecule has 0 aromatic heterocycles. The Morgan fingerprint density at radius 3 is 2.43 bits per heavy atom. The van der Waals surface area contributed by atoms with Crippen molar-refractivity contribution in [3.05, 3.63) is 29.6 Å². The second kappa shape index (κ2) is 7.06. The van der Waals surface area contributed by atoms with Crippen molar-refractivity contribution in [2.24, 2.45) is 0 Å². The molecule has 1 amide bonds. The van der Waals surface area contributed by atoms with E-state index in [1.807, 2.05) is 0 Å². The lowest BCUT2D eigenvalue weighted by atomic mass is 10.2. The molecule has 1 aliphatic heterocycles. The van der Waals surface area contributed by atoms with E-state index >= 15 is 0 Å². The molecule has 0 unspecified atom stereocenters. The highest BCUT2D eigenvalue weighted by molar-refractivity contribution is 5.92. The maximum Gasteiger partial charge on any atom is 0.338 e. The molecule has 1 aromatic carbocycles. The molecule has 6 heteroatoms. The maximum absolute atomic E-state index is 13.2. The molecule has 114 valence electrons. The summed E-state index contributed by atoms with van der Waals surface area (Å²) in [5, 5.41) is 0. The normalized spacial score (nSPS) is 15.4. The van der Waals surface area contributed by atoms with Gasteiger partial charge in [0.15, 0.2) is 6.61 Å². The van der Waals surface area contributed by atoms with E-state index in [2.05, 4.69) is 0 Å². The molecule has 0 atom stereocenters. The Hall–Kier alpha value is -2.11. The zero-order chi connectivity index (χ0) is 15.2. The quantitative estimate of drug-likeness (QED) is 0.683. The summed E-state index contributed by atoms with van der Waals surface area (Å²) in [5.74, 6) is -1.57. The van der Waals surface area contributed by atoms with Crippen LogP contribution in [-0.2, 0) is 9.53 Å². The number of anilines is 1. The number of halogens is 1. The molecule has 2 rings (SSSR count). The van der Waals surface area contributed by atoms with E-state index in [1.165, 1.54) is 6.07 Å². The lowest BCUT2D eigenvalue weighted by Crippen LogP contribution is -2.35. The third-order valence-electron chi connectivity index (χ3n) is 3.44. The summed E-state index contributed by atoms with van der Waals surface area (Å²) < 4.78 is 18.1. The smallest absolute Gasteiger partial charge is 0.338 e. The van der Waals surface area contributed by atoms with Crippen LogP contribution in [0.25, 0.3) is 0 Å². The molecule has 0 bridgehead atoms. The van der Waals surface area contributed by atoms with Gasteiger partial charge in [-0.15, -0.1) is 0 Å². The summed E-state index contributed by atoms with van der Waals surface area (Å²) in [4.78, 5) is 25.5. The fourth-order valence-corrected chi connectivity index (χ4v) is 2.35. The summed E-state index contributed by atoms with van der Waals surface area (Å²) in [6.07, 6.45) is 4.18. The molecule has 5 nitrogen and oxygen atoms in total. The number of rotatable bonds is 3. The summed E-state index contributed by atoms with van der Waals surface area (Å²) in [7, 11) is 0. The predicted octanol–water partition coefficient (Wildman–Crippen LogP) is 1.97. The molecule has 0 aliphatic carbocycles. The number of hydrogen-bond acceptors (Lipinski definition) is 4. The number of amides is 1. The minimum absolute atomic E-state index is 0.0103. The van der Waals surface area contributed by atoms with Gasteiger partial charge in [-0.05, 0) is 31.0 Å². The van der Waals surface area contributed by atoms with Gasteiger partial charge in [0.2, 0.25) is 0 Å². The van der Waals surface area contributed by atoms with Gasteiger partial charge in [0, 0.05) is 18.8 Å². The van der Waals surface area contributed by atoms with Crippen molar-refractivity contribution >= 4 is 17.6 Å². The van der Waals surface area contributed by atoms with Crippen molar-refractivity contribution in [2.75, 3.05) is 25.4 Å². The lowest BCUT2D eigenvalue weighted by Gasteiger charge is -2.19. The predicted molar refractivity (Wildman–Crippen MR) is 76.1 cm³/mol. The number of carbonyl (C=O) groups is 2. The standard InChI is InChI=1S/C15H19FN2O3/c16-12-7-11(8-13(17)9-12)15(20)21-10-14(19)18-5-3-1-2-4-6-18/h7-9H,1-6,10,17H2. The Morgan fingerprint density at radius 1 is 1.14 bits per heavy atom. The van der Waals surface area contributed by atoms with Crippen LogP contribution in [0.4, 0.5) is 10.1 Å². The Labute approximate surface area is 122 Å². The van der Waals surface area contributed by atoms with Crippen LogP contribution in [0.3, 0.4) is 0 Å². The molecule has 1 heterocycles. The monoisotopic (exact) mass is 294 g/mol. The largest absolute Gasteiger partial charge is 0.452 e. The fraction of sp³-hybridized carbons (Fsp3) is 0.467. The second-order valence-electron chi connectivity index (χ2n) is 5.14.